The maximum atomic E-state index is 12.6. The molecule has 1 aliphatic rings. The van der Waals surface area contributed by atoms with E-state index in [1.165, 1.54) is 4.90 Å². The molecule has 0 radical (unpaired) electrons. The van der Waals surface area contributed by atoms with Crippen LogP contribution in [0.2, 0.25) is 0 Å². The Kier molecular flexibility index (Phi) is 4.66. The highest BCUT2D eigenvalue weighted by Gasteiger charge is 2.40. The summed E-state index contributed by atoms with van der Waals surface area (Å²) in [4.78, 5) is 14.9. The van der Waals surface area contributed by atoms with Crippen molar-refractivity contribution in [2.75, 3.05) is 19.6 Å². The molecule has 6 heteroatoms. The molecule has 0 bridgehead atoms. The summed E-state index contributed by atoms with van der Waals surface area (Å²) in [7, 11) is 0. The number of hydrogen-bond donors (Lipinski definition) is 0. The van der Waals surface area contributed by atoms with Crippen LogP contribution >= 0.6 is 0 Å². The molecule has 3 nitrogen and oxygen atoms in total. The van der Waals surface area contributed by atoms with E-state index in [9.17, 15) is 18.0 Å². The number of carbonyl (C=O) groups excluding carboxylic acids is 1. The molecule has 0 aromatic rings. The van der Waals surface area contributed by atoms with Gasteiger partial charge in [0.15, 0.2) is 0 Å². The third-order valence-electron chi connectivity index (χ3n) is 3.36. The van der Waals surface area contributed by atoms with Gasteiger partial charge in [-0.3, -0.25) is 9.69 Å². The molecule has 0 spiro atoms. The van der Waals surface area contributed by atoms with Crippen molar-refractivity contribution in [3.63, 3.8) is 0 Å². The number of carbonyl (C=O) groups is 1. The lowest BCUT2D eigenvalue weighted by atomic mass is 10.00. The maximum Gasteiger partial charge on any atom is 0.391 e. The van der Waals surface area contributed by atoms with Crippen molar-refractivity contribution in [1.29, 1.82) is 0 Å². The van der Waals surface area contributed by atoms with Crippen molar-refractivity contribution >= 4 is 5.91 Å². The molecule has 0 saturated carbocycles. The molecular formula is C13H21F3N2O. The van der Waals surface area contributed by atoms with Crippen molar-refractivity contribution in [1.82, 2.24) is 9.80 Å². The fraction of sp³-hybridized carbons (Fsp3) is 0.769. The van der Waals surface area contributed by atoms with Crippen molar-refractivity contribution in [3.8, 4) is 0 Å². The molecule has 1 heterocycles. The van der Waals surface area contributed by atoms with Gasteiger partial charge in [0.25, 0.3) is 0 Å². The fourth-order valence-corrected chi connectivity index (χ4v) is 2.31. The van der Waals surface area contributed by atoms with Crippen LogP contribution < -0.4 is 0 Å². The summed E-state index contributed by atoms with van der Waals surface area (Å²) >= 11 is 0. The van der Waals surface area contributed by atoms with E-state index in [1.807, 2.05) is 25.7 Å². The SMILES string of the molecule is C=CC(=O)N1CCN(C(C)(C)C)CC1CC(F)(F)F. The summed E-state index contributed by atoms with van der Waals surface area (Å²) < 4.78 is 37.9. The van der Waals surface area contributed by atoms with Crippen LogP contribution in [-0.2, 0) is 4.79 Å². The van der Waals surface area contributed by atoms with Gasteiger partial charge in [-0.05, 0) is 26.8 Å². The molecule has 1 atom stereocenters. The Labute approximate surface area is 112 Å². The fourth-order valence-electron chi connectivity index (χ4n) is 2.31. The van der Waals surface area contributed by atoms with Crippen molar-refractivity contribution < 1.29 is 18.0 Å². The Hall–Kier alpha value is -1.04. The zero-order valence-electron chi connectivity index (χ0n) is 11.6. The molecular weight excluding hydrogens is 257 g/mol. The lowest BCUT2D eigenvalue weighted by Gasteiger charge is -2.46. The zero-order valence-corrected chi connectivity index (χ0v) is 11.6. The Morgan fingerprint density at radius 3 is 2.32 bits per heavy atom. The van der Waals surface area contributed by atoms with Crippen LogP contribution in [0.5, 0.6) is 0 Å². The second-order valence-electron chi connectivity index (χ2n) is 5.83. The Balaban J connectivity index is 2.86. The quantitative estimate of drug-likeness (QED) is 0.724. The van der Waals surface area contributed by atoms with E-state index in [-0.39, 0.29) is 12.1 Å². The molecule has 0 aromatic carbocycles. The van der Waals surface area contributed by atoms with E-state index in [0.717, 1.165) is 6.08 Å². The minimum Gasteiger partial charge on any atom is -0.333 e. The molecule has 0 N–H and O–H groups in total. The largest absolute Gasteiger partial charge is 0.391 e. The molecule has 1 saturated heterocycles. The van der Waals surface area contributed by atoms with Crippen molar-refractivity contribution in [3.05, 3.63) is 12.7 Å². The summed E-state index contributed by atoms with van der Waals surface area (Å²) in [5, 5.41) is 0. The number of piperazine rings is 1. The molecule has 1 rings (SSSR count). The Bertz CT molecular complexity index is 347. The molecule has 1 fully saturated rings. The number of amides is 1. The van der Waals surface area contributed by atoms with Crippen molar-refractivity contribution in [2.24, 2.45) is 0 Å². The minimum absolute atomic E-state index is 0.201. The third kappa shape index (κ3) is 4.53. The number of alkyl halides is 3. The number of nitrogens with zero attached hydrogens (tertiary/aromatic N) is 2. The van der Waals surface area contributed by atoms with E-state index in [0.29, 0.717) is 13.1 Å². The van der Waals surface area contributed by atoms with Gasteiger partial charge in [0, 0.05) is 25.2 Å². The molecule has 1 amide bonds. The summed E-state index contributed by atoms with van der Waals surface area (Å²) in [6, 6.07) is -0.835. The second kappa shape index (κ2) is 5.53. The van der Waals surface area contributed by atoms with E-state index < -0.39 is 24.5 Å². The van der Waals surface area contributed by atoms with E-state index in [4.69, 9.17) is 0 Å². The van der Waals surface area contributed by atoms with Gasteiger partial charge >= 0.3 is 6.18 Å². The highest BCUT2D eigenvalue weighted by Crippen LogP contribution is 2.28. The Morgan fingerprint density at radius 1 is 1.32 bits per heavy atom. The summed E-state index contributed by atoms with van der Waals surface area (Å²) in [5.74, 6) is -0.428. The molecule has 1 unspecified atom stereocenters. The lowest BCUT2D eigenvalue weighted by molar-refractivity contribution is -0.160. The van der Waals surface area contributed by atoms with Crippen LogP contribution in [0.15, 0.2) is 12.7 Å². The first-order valence-corrected chi connectivity index (χ1v) is 6.29. The topological polar surface area (TPSA) is 23.6 Å². The van der Waals surface area contributed by atoms with Crippen molar-refractivity contribution in [2.45, 2.75) is 44.9 Å². The minimum atomic E-state index is -4.27. The van der Waals surface area contributed by atoms with Crippen LogP contribution in [0.4, 0.5) is 13.2 Å². The van der Waals surface area contributed by atoms with E-state index in [2.05, 4.69) is 6.58 Å². The second-order valence-corrected chi connectivity index (χ2v) is 5.83. The smallest absolute Gasteiger partial charge is 0.333 e. The van der Waals surface area contributed by atoms with Gasteiger partial charge in [0.05, 0.1) is 12.5 Å². The first kappa shape index (κ1) is 16.0. The zero-order chi connectivity index (χ0) is 14.8. The van der Waals surface area contributed by atoms with Gasteiger partial charge in [0.1, 0.15) is 0 Å². The van der Waals surface area contributed by atoms with Crippen LogP contribution in [-0.4, -0.2) is 53.1 Å². The van der Waals surface area contributed by atoms with Gasteiger partial charge in [-0.15, -0.1) is 0 Å². The maximum absolute atomic E-state index is 12.6. The Morgan fingerprint density at radius 2 is 1.89 bits per heavy atom. The number of rotatable bonds is 2. The van der Waals surface area contributed by atoms with E-state index >= 15 is 0 Å². The van der Waals surface area contributed by atoms with Crippen LogP contribution in [0, 0.1) is 0 Å². The van der Waals surface area contributed by atoms with Crippen LogP contribution in [0.25, 0.3) is 0 Å². The average Bonchev–Trinajstić information content (AvgIpc) is 2.24. The van der Waals surface area contributed by atoms with Gasteiger partial charge in [-0.2, -0.15) is 13.2 Å². The average molecular weight is 278 g/mol. The molecule has 110 valence electrons. The van der Waals surface area contributed by atoms with Gasteiger partial charge in [0.2, 0.25) is 5.91 Å². The molecule has 1 aliphatic heterocycles. The monoisotopic (exact) mass is 278 g/mol. The predicted octanol–water partition coefficient (Wildman–Crippen LogP) is 2.44. The standard InChI is InChI=1S/C13H21F3N2O/c1-5-11(19)18-7-6-17(12(2,3)4)9-10(18)8-13(14,15)16/h5,10H,1,6-9H2,2-4H3. The first-order chi connectivity index (χ1) is 8.54. The number of halogens is 3. The molecule has 0 aromatic heterocycles. The normalized spacial score (nSPS) is 22.4. The predicted molar refractivity (Wildman–Crippen MR) is 67.7 cm³/mol. The van der Waals surface area contributed by atoms with Crippen LogP contribution in [0.1, 0.15) is 27.2 Å². The lowest BCUT2D eigenvalue weighted by Crippen LogP contribution is -2.60. The number of hydrogen-bond acceptors (Lipinski definition) is 2. The van der Waals surface area contributed by atoms with Gasteiger partial charge in [-0.1, -0.05) is 6.58 Å². The molecule has 19 heavy (non-hydrogen) atoms. The van der Waals surface area contributed by atoms with E-state index in [1.54, 1.807) is 0 Å². The highest BCUT2D eigenvalue weighted by atomic mass is 19.4. The highest BCUT2D eigenvalue weighted by molar-refractivity contribution is 5.87. The molecule has 0 aliphatic carbocycles. The summed E-state index contributed by atoms with van der Waals surface area (Å²) in [6.07, 6.45) is -4.17. The van der Waals surface area contributed by atoms with Gasteiger partial charge in [-0.25, -0.2) is 0 Å². The summed E-state index contributed by atoms with van der Waals surface area (Å²) in [6.45, 7) is 10.4. The van der Waals surface area contributed by atoms with Crippen LogP contribution in [0.3, 0.4) is 0 Å². The summed E-state index contributed by atoms with van der Waals surface area (Å²) in [5.41, 5.74) is -0.201. The first-order valence-electron chi connectivity index (χ1n) is 6.29. The van der Waals surface area contributed by atoms with Gasteiger partial charge < -0.3 is 4.90 Å². The third-order valence-corrected chi connectivity index (χ3v) is 3.36.